The van der Waals surface area contributed by atoms with Gasteiger partial charge in [-0.05, 0) is 54.3 Å². The van der Waals surface area contributed by atoms with E-state index >= 15 is 0 Å². The van der Waals surface area contributed by atoms with Crippen molar-refractivity contribution in [2.45, 2.75) is 32.7 Å². The van der Waals surface area contributed by atoms with Crippen LogP contribution in [0.25, 0.3) is 0 Å². The highest BCUT2D eigenvalue weighted by atomic mass is 32.1. The molecular formula is C25H22F2N2O4S. The Morgan fingerprint density at radius 2 is 1.76 bits per heavy atom. The third-order valence-corrected chi connectivity index (χ3v) is 6.84. The van der Waals surface area contributed by atoms with E-state index in [1.165, 1.54) is 11.0 Å². The molecule has 0 bridgehead atoms. The van der Waals surface area contributed by atoms with Gasteiger partial charge in [-0.2, -0.15) is 0 Å². The number of thiophene rings is 1. The van der Waals surface area contributed by atoms with Crippen LogP contribution in [-0.2, 0) is 19.4 Å². The topological polar surface area (TPSA) is 86.7 Å². The van der Waals surface area contributed by atoms with E-state index in [0.29, 0.717) is 16.0 Å². The molecule has 2 N–H and O–H groups in total. The number of carbonyl (C=O) groups excluding carboxylic acids is 2. The zero-order valence-electron chi connectivity index (χ0n) is 18.4. The van der Waals surface area contributed by atoms with Crippen molar-refractivity contribution >= 4 is 34.1 Å². The Morgan fingerprint density at radius 1 is 1.06 bits per heavy atom. The first kappa shape index (κ1) is 23.6. The van der Waals surface area contributed by atoms with Gasteiger partial charge < -0.3 is 15.3 Å². The summed E-state index contributed by atoms with van der Waals surface area (Å²) in [6.45, 7) is 2.40. The lowest BCUT2D eigenvalue weighted by Crippen LogP contribution is -2.35. The van der Waals surface area contributed by atoms with Gasteiger partial charge in [-0.25, -0.2) is 13.6 Å². The first-order valence-corrected chi connectivity index (χ1v) is 11.6. The summed E-state index contributed by atoms with van der Waals surface area (Å²) in [6.07, 6.45) is 2.16. The van der Waals surface area contributed by atoms with E-state index in [4.69, 9.17) is 0 Å². The van der Waals surface area contributed by atoms with Crippen LogP contribution in [0.4, 0.5) is 13.8 Å². The number of hydrogen-bond donors (Lipinski definition) is 2. The SMILES string of the molecule is CCCc1ccc(C(=O)Nc2sc3c(c2C(=O)O)CCN(C(=O)c2ccc(F)c(F)c2)C3)cc1. The van der Waals surface area contributed by atoms with E-state index in [0.717, 1.165) is 41.9 Å². The van der Waals surface area contributed by atoms with Crippen LogP contribution < -0.4 is 5.32 Å². The summed E-state index contributed by atoms with van der Waals surface area (Å²) in [6, 6.07) is 10.1. The lowest BCUT2D eigenvalue weighted by Gasteiger charge is -2.27. The average Bonchev–Trinajstić information content (AvgIpc) is 3.18. The van der Waals surface area contributed by atoms with Crippen LogP contribution in [0.2, 0.25) is 0 Å². The predicted octanol–water partition coefficient (Wildman–Crippen LogP) is 5.13. The molecule has 0 saturated carbocycles. The molecule has 0 fully saturated rings. The molecule has 0 saturated heterocycles. The van der Waals surface area contributed by atoms with Crippen molar-refractivity contribution in [2.24, 2.45) is 0 Å². The van der Waals surface area contributed by atoms with Crippen molar-refractivity contribution in [3.05, 3.63) is 86.8 Å². The lowest BCUT2D eigenvalue weighted by atomic mass is 10.0. The molecule has 3 aromatic rings. The summed E-state index contributed by atoms with van der Waals surface area (Å²) in [5.41, 5.74) is 2.13. The second kappa shape index (κ2) is 9.72. The molecule has 2 aromatic carbocycles. The fraction of sp³-hybridized carbons (Fsp3) is 0.240. The number of rotatable bonds is 6. The highest BCUT2D eigenvalue weighted by molar-refractivity contribution is 7.17. The van der Waals surface area contributed by atoms with E-state index < -0.39 is 29.4 Å². The summed E-state index contributed by atoms with van der Waals surface area (Å²) in [7, 11) is 0. The number of hydrogen-bond acceptors (Lipinski definition) is 4. The largest absolute Gasteiger partial charge is 0.478 e. The Kier molecular flexibility index (Phi) is 6.74. The standard InChI is InChI=1S/C25H22F2N2O4S/c1-2-3-14-4-6-15(7-5-14)22(30)28-23-21(25(32)33)17-10-11-29(13-20(17)34-23)24(31)16-8-9-18(26)19(27)12-16/h4-9,12H,2-3,10-11,13H2,1H3,(H,28,30)(H,32,33). The van der Waals surface area contributed by atoms with Gasteiger partial charge in [-0.1, -0.05) is 25.5 Å². The number of aryl methyl sites for hydroxylation is 1. The van der Waals surface area contributed by atoms with Gasteiger partial charge in [0.25, 0.3) is 11.8 Å². The summed E-state index contributed by atoms with van der Waals surface area (Å²) < 4.78 is 26.8. The fourth-order valence-electron chi connectivity index (χ4n) is 3.99. The molecule has 0 spiro atoms. The van der Waals surface area contributed by atoms with Crippen molar-refractivity contribution in [2.75, 3.05) is 11.9 Å². The number of nitrogens with one attached hydrogen (secondary N) is 1. The van der Waals surface area contributed by atoms with Crippen LogP contribution in [-0.4, -0.2) is 34.3 Å². The Balaban J connectivity index is 1.56. The lowest BCUT2D eigenvalue weighted by molar-refractivity contribution is 0.0696. The van der Waals surface area contributed by atoms with Crippen LogP contribution in [0.15, 0.2) is 42.5 Å². The molecule has 2 heterocycles. The van der Waals surface area contributed by atoms with E-state index in [9.17, 15) is 28.3 Å². The van der Waals surface area contributed by atoms with Gasteiger partial charge in [0.15, 0.2) is 11.6 Å². The van der Waals surface area contributed by atoms with Crippen LogP contribution in [0.5, 0.6) is 0 Å². The molecule has 1 aromatic heterocycles. The normalized spacial score (nSPS) is 12.9. The number of anilines is 1. The summed E-state index contributed by atoms with van der Waals surface area (Å²) >= 11 is 1.11. The maximum atomic E-state index is 13.6. The molecule has 1 aliphatic rings. The second-order valence-corrected chi connectivity index (χ2v) is 9.12. The molecule has 2 amide bonds. The monoisotopic (exact) mass is 484 g/mol. The Morgan fingerprint density at radius 3 is 2.41 bits per heavy atom. The quantitative estimate of drug-likeness (QED) is 0.508. The maximum Gasteiger partial charge on any atom is 0.339 e. The minimum Gasteiger partial charge on any atom is -0.478 e. The molecule has 1 aliphatic heterocycles. The van der Waals surface area contributed by atoms with E-state index in [-0.39, 0.29) is 35.6 Å². The van der Waals surface area contributed by atoms with Crippen molar-refractivity contribution in [3.8, 4) is 0 Å². The zero-order chi connectivity index (χ0) is 24.4. The van der Waals surface area contributed by atoms with Gasteiger partial charge in [0, 0.05) is 22.5 Å². The van der Waals surface area contributed by atoms with Gasteiger partial charge in [0.2, 0.25) is 0 Å². The van der Waals surface area contributed by atoms with E-state index in [2.05, 4.69) is 12.2 Å². The summed E-state index contributed by atoms with van der Waals surface area (Å²) in [5.74, 6) is -4.21. The maximum absolute atomic E-state index is 13.6. The number of benzene rings is 2. The van der Waals surface area contributed by atoms with E-state index in [1.807, 2.05) is 12.1 Å². The number of nitrogens with zero attached hydrogens (tertiary/aromatic N) is 1. The van der Waals surface area contributed by atoms with Crippen molar-refractivity contribution in [1.29, 1.82) is 0 Å². The molecule has 34 heavy (non-hydrogen) atoms. The van der Waals surface area contributed by atoms with Gasteiger partial charge in [0.1, 0.15) is 5.00 Å². The highest BCUT2D eigenvalue weighted by Crippen LogP contribution is 2.37. The van der Waals surface area contributed by atoms with Gasteiger partial charge >= 0.3 is 5.97 Å². The molecule has 0 atom stereocenters. The smallest absolute Gasteiger partial charge is 0.339 e. The molecule has 9 heteroatoms. The summed E-state index contributed by atoms with van der Waals surface area (Å²) in [5, 5.41) is 12.7. The highest BCUT2D eigenvalue weighted by Gasteiger charge is 2.31. The Bertz CT molecular complexity index is 1270. The fourth-order valence-corrected chi connectivity index (χ4v) is 5.24. The third kappa shape index (κ3) is 4.70. The zero-order valence-corrected chi connectivity index (χ0v) is 19.2. The first-order chi connectivity index (χ1) is 16.3. The predicted molar refractivity (Wildman–Crippen MR) is 124 cm³/mol. The minimum atomic E-state index is -1.16. The number of fused-ring (bicyclic) bond motifs is 1. The Labute approximate surface area is 198 Å². The Hall–Kier alpha value is -3.59. The molecular weight excluding hydrogens is 462 g/mol. The van der Waals surface area contributed by atoms with Crippen LogP contribution >= 0.6 is 11.3 Å². The first-order valence-electron chi connectivity index (χ1n) is 10.8. The second-order valence-electron chi connectivity index (χ2n) is 8.02. The van der Waals surface area contributed by atoms with Crippen LogP contribution in [0.3, 0.4) is 0 Å². The third-order valence-electron chi connectivity index (χ3n) is 5.71. The van der Waals surface area contributed by atoms with Gasteiger partial charge in [-0.3, -0.25) is 9.59 Å². The number of halogens is 2. The van der Waals surface area contributed by atoms with Crippen molar-refractivity contribution < 1.29 is 28.3 Å². The van der Waals surface area contributed by atoms with Crippen molar-refractivity contribution in [1.82, 2.24) is 4.90 Å². The molecule has 4 rings (SSSR count). The minimum absolute atomic E-state index is 0.0115. The summed E-state index contributed by atoms with van der Waals surface area (Å²) in [4.78, 5) is 39.6. The average molecular weight is 485 g/mol. The van der Waals surface area contributed by atoms with Gasteiger partial charge in [-0.15, -0.1) is 11.3 Å². The number of aromatic carboxylic acids is 1. The van der Waals surface area contributed by atoms with Crippen LogP contribution in [0.1, 0.15) is 60.4 Å². The number of carboxylic acid groups (broad SMARTS) is 1. The molecule has 176 valence electrons. The number of carboxylic acids is 1. The number of amides is 2. The molecule has 0 radical (unpaired) electrons. The number of carbonyl (C=O) groups is 3. The molecule has 0 unspecified atom stereocenters. The van der Waals surface area contributed by atoms with Crippen LogP contribution in [0, 0.1) is 11.6 Å². The molecule has 0 aliphatic carbocycles. The van der Waals surface area contributed by atoms with E-state index in [1.54, 1.807) is 12.1 Å². The molecule has 6 nitrogen and oxygen atoms in total. The van der Waals surface area contributed by atoms with Gasteiger partial charge in [0.05, 0.1) is 12.1 Å². The van der Waals surface area contributed by atoms with Crippen molar-refractivity contribution in [3.63, 3.8) is 0 Å².